The molecule has 2 aromatic rings. The molecule has 0 radical (unpaired) electrons. The molecular formula is C11H15N5O2. The minimum absolute atomic E-state index is 0.0280. The van der Waals surface area contributed by atoms with Crippen LogP contribution in [-0.4, -0.2) is 33.5 Å². The molecule has 2 aromatic heterocycles. The van der Waals surface area contributed by atoms with Crippen LogP contribution in [0.15, 0.2) is 16.7 Å². The summed E-state index contributed by atoms with van der Waals surface area (Å²) >= 11 is 0. The number of nitrogens with zero attached hydrogens (tertiary/aromatic N) is 4. The highest BCUT2D eigenvalue weighted by Gasteiger charge is 2.12. The molecule has 0 aromatic carbocycles. The van der Waals surface area contributed by atoms with E-state index in [-0.39, 0.29) is 6.04 Å². The minimum Gasteiger partial charge on any atom is -0.480 e. The van der Waals surface area contributed by atoms with E-state index in [0.717, 1.165) is 6.42 Å². The summed E-state index contributed by atoms with van der Waals surface area (Å²) in [5, 5.41) is 11.6. The van der Waals surface area contributed by atoms with Gasteiger partial charge in [0.05, 0.1) is 7.11 Å². The Balaban J connectivity index is 2.13. The molecule has 0 saturated heterocycles. The van der Waals surface area contributed by atoms with Crippen molar-refractivity contribution in [2.24, 2.45) is 5.73 Å². The second-order valence-electron chi connectivity index (χ2n) is 3.85. The van der Waals surface area contributed by atoms with Gasteiger partial charge in [-0.3, -0.25) is 0 Å². The van der Waals surface area contributed by atoms with E-state index in [0.29, 0.717) is 29.7 Å². The largest absolute Gasteiger partial charge is 0.480 e. The van der Waals surface area contributed by atoms with E-state index in [4.69, 9.17) is 15.0 Å². The van der Waals surface area contributed by atoms with Crippen molar-refractivity contribution in [1.29, 1.82) is 0 Å². The number of methoxy groups -OCH3 is 1. The highest BCUT2D eigenvalue weighted by molar-refractivity contribution is 5.47. The van der Waals surface area contributed by atoms with Gasteiger partial charge >= 0.3 is 0 Å². The van der Waals surface area contributed by atoms with Gasteiger partial charge in [-0.05, 0) is 12.5 Å². The van der Waals surface area contributed by atoms with Crippen LogP contribution in [0.4, 0.5) is 0 Å². The van der Waals surface area contributed by atoms with Crippen LogP contribution in [0.3, 0.4) is 0 Å². The van der Waals surface area contributed by atoms with Crippen LogP contribution >= 0.6 is 0 Å². The fourth-order valence-electron chi connectivity index (χ4n) is 1.36. The molecule has 2 N–H and O–H groups in total. The Kier molecular flexibility index (Phi) is 3.83. The number of aromatic nitrogens is 4. The van der Waals surface area contributed by atoms with Gasteiger partial charge < -0.3 is 15.0 Å². The van der Waals surface area contributed by atoms with E-state index in [1.54, 1.807) is 12.1 Å². The fourth-order valence-corrected chi connectivity index (χ4v) is 1.36. The molecule has 0 amide bonds. The zero-order chi connectivity index (χ0) is 13.0. The zero-order valence-electron chi connectivity index (χ0n) is 10.3. The van der Waals surface area contributed by atoms with Crippen molar-refractivity contribution in [2.75, 3.05) is 7.11 Å². The fraction of sp³-hybridized carbons (Fsp3) is 0.455. The predicted molar refractivity (Wildman–Crippen MR) is 63.8 cm³/mol. The molecule has 0 aliphatic carbocycles. The molecule has 0 fully saturated rings. The minimum atomic E-state index is 0.0280. The molecule has 0 aliphatic rings. The molecular weight excluding hydrogens is 234 g/mol. The molecule has 0 spiro atoms. The second kappa shape index (κ2) is 5.54. The first-order valence-corrected chi connectivity index (χ1v) is 5.69. The van der Waals surface area contributed by atoms with E-state index in [2.05, 4.69) is 20.3 Å². The lowest BCUT2D eigenvalue weighted by Crippen LogP contribution is -2.21. The first-order valence-electron chi connectivity index (χ1n) is 5.69. The van der Waals surface area contributed by atoms with Crippen LogP contribution in [0.1, 0.15) is 19.2 Å². The lowest BCUT2D eigenvalue weighted by atomic mass is 10.2. The van der Waals surface area contributed by atoms with E-state index >= 15 is 0 Å². The molecule has 0 bridgehead atoms. The molecule has 2 rings (SSSR count). The normalized spacial score (nSPS) is 12.4. The summed E-state index contributed by atoms with van der Waals surface area (Å²) in [6, 6.07) is 3.44. The quantitative estimate of drug-likeness (QED) is 0.836. The average Bonchev–Trinajstić information content (AvgIpc) is 2.87. The number of hydrogen-bond acceptors (Lipinski definition) is 7. The van der Waals surface area contributed by atoms with Crippen molar-refractivity contribution < 1.29 is 9.26 Å². The van der Waals surface area contributed by atoms with Crippen LogP contribution in [0, 0.1) is 0 Å². The van der Waals surface area contributed by atoms with Gasteiger partial charge in [-0.15, -0.1) is 10.2 Å². The lowest BCUT2D eigenvalue weighted by molar-refractivity contribution is 0.367. The maximum Gasteiger partial charge on any atom is 0.233 e. The van der Waals surface area contributed by atoms with Crippen molar-refractivity contribution in [3.05, 3.63) is 18.0 Å². The van der Waals surface area contributed by atoms with Gasteiger partial charge in [-0.1, -0.05) is 12.1 Å². The van der Waals surface area contributed by atoms with E-state index < -0.39 is 0 Å². The standard InChI is InChI=1S/C11H15N5O2/c1-3-7(12)6-10-13-11(16-18-10)8-4-5-9(17-2)15-14-8/h4-5,7H,3,6,12H2,1-2H3. The molecule has 96 valence electrons. The van der Waals surface area contributed by atoms with Crippen molar-refractivity contribution in [2.45, 2.75) is 25.8 Å². The maximum absolute atomic E-state index is 5.82. The number of ether oxygens (including phenoxy) is 1. The van der Waals surface area contributed by atoms with Crippen molar-refractivity contribution >= 4 is 0 Å². The summed E-state index contributed by atoms with van der Waals surface area (Å²) in [5.41, 5.74) is 6.36. The highest BCUT2D eigenvalue weighted by atomic mass is 16.5. The topological polar surface area (TPSA) is 100.0 Å². The smallest absolute Gasteiger partial charge is 0.233 e. The SMILES string of the molecule is CCC(N)Cc1nc(-c2ccc(OC)nn2)no1. The van der Waals surface area contributed by atoms with Crippen molar-refractivity contribution in [1.82, 2.24) is 20.3 Å². The summed E-state index contributed by atoms with van der Waals surface area (Å²) in [6.45, 7) is 2.01. The number of hydrogen-bond donors (Lipinski definition) is 1. The maximum atomic E-state index is 5.82. The Hall–Kier alpha value is -2.02. The Morgan fingerprint density at radius 1 is 1.39 bits per heavy atom. The molecule has 1 unspecified atom stereocenters. The predicted octanol–water partition coefficient (Wildman–Crippen LogP) is 0.815. The molecule has 0 aliphatic heterocycles. The Bertz CT molecular complexity index is 496. The van der Waals surface area contributed by atoms with Crippen LogP contribution in [-0.2, 0) is 6.42 Å². The molecule has 0 saturated carbocycles. The van der Waals surface area contributed by atoms with Crippen molar-refractivity contribution in [3.63, 3.8) is 0 Å². The van der Waals surface area contributed by atoms with Gasteiger partial charge in [0.2, 0.25) is 17.6 Å². The Labute approximate surface area is 104 Å². The molecule has 18 heavy (non-hydrogen) atoms. The van der Waals surface area contributed by atoms with Crippen molar-refractivity contribution in [3.8, 4) is 17.4 Å². The van der Waals surface area contributed by atoms with Crippen LogP contribution in [0.2, 0.25) is 0 Å². The Morgan fingerprint density at radius 2 is 2.22 bits per heavy atom. The first kappa shape index (κ1) is 12.4. The molecule has 1 atom stereocenters. The molecule has 7 nitrogen and oxygen atoms in total. The average molecular weight is 249 g/mol. The van der Waals surface area contributed by atoms with Gasteiger partial charge in [0.25, 0.3) is 0 Å². The third-order valence-corrected chi connectivity index (χ3v) is 2.51. The third-order valence-electron chi connectivity index (χ3n) is 2.51. The van der Waals surface area contributed by atoms with Crippen LogP contribution in [0.5, 0.6) is 5.88 Å². The summed E-state index contributed by atoms with van der Waals surface area (Å²) in [7, 11) is 1.53. The highest BCUT2D eigenvalue weighted by Crippen LogP contribution is 2.14. The van der Waals surface area contributed by atoms with Gasteiger partial charge in [-0.2, -0.15) is 4.98 Å². The first-order chi connectivity index (χ1) is 8.72. The number of rotatable bonds is 5. The zero-order valence-corrected chi connectivity index (χ0v) is 10.3. The van der Waals surface area contributed by atoms with Gasteiger partial charge in [0.15, 0.2) is 0 Å². The molecule has 2 heterocycles. The van der Waals surface area contributed by atoms with Crippen LogP contribution in [0.25, 0.3) is 11.5 Å². The summed E-state index contributed by atoms with van der Waals surface area (Å²) in [6.07, 6.45) is 1.42. The number of nitrogens with two attached hydrogens (primary N) is 1. The third kappa shape index (κ3) is 2.80. The van der Waals surface area contributed by atoms with E-state index in [1.807, 2.05) is 6.92 Å². The summed E-state index contributed by atoms with van der Waals surface area (Å²) in [5.74, 6) is 1.36. The van der Waals surface area contributed by atoms with Crippen LogP contribution < -0.4 is 10.5 Å². The second-order valence-corrected chi connectivity index (χ2v) is 3.85. The van der Waals surface area contributed by atoms with Gasteiger partial charge in [0, 0.05) is 18.5 Å². The monoisotopic (exact) mass is 249 g/mol. The van der Waals surface area contributed by atoms with Gasteiger partial charge in [0.1, 0.15) is 5.69 Å². The van der Waals surface area contributed by atoms with E-state index in [9.17, 15) is 0 Å². The Morgan fingerprint density at radius 3 is 2.83 bits per heavy atom. The summed E-state index contributed by atoms with van der Waals surface area (Å²) < 4.78 is 10.0. The van der Waals surface area contributed by atoms with E-state index in [1.165, 1.54) is 7.11 Å². The molecule has 7 heteroatoms. The van der Waals surface area contributed by atoms with Gasteiger partial charge in [-0.25, -0.2) is 0 Å². The summed E-state index contributed by atoms with van der Waals surface area (Å²) in [4.78, 5) is 4.22. The lowest BCUT2D eigenvalue weighted by Gasteiger charge is -2.02.